The molecule has 2 aromatic rings. The SMILES string of the molecule is COc1ccc(C(=O)NC2CCN(C(=O)c3ccc(Cl)cc3Cl)CC2)cc1. The number of hydrogen-bond acceptors (Lipinski definition) is 3. The first-order valence-electron chi connectivity index (χ1n) is 8.67. The normalized spacial score (nSPS) is 14.7. The number of likely N-dealkylation sites (tertiary alicyclic amines) is 1. The Morgan fingerprint density at radius 3 is 2.33 bits per heavy atom. The number of amides is 2. The molecular formula is C20H20Cl2N2O3. The van der Waals surface area contributed by atoms with E-state index in [2.05, 4.69) is 5.32 Å². The molecule has 0 unspecified atom stereocenters. The number of hydrogen-bond donors (Lipinski definition) is 1. The van der Waals surface area contributed by atoms with Crippen molar-refractivity contribution < 1.29 is 14.3 Å². The highest BCUT2D eigenvalue weighted by molar-refractivity contribution is 6.36. The Balaban J connectivity index is 1.55. The zero-order valence-corrected chi connectivity index (χ0v) is 16.4. The molecule has 1 fully saturated rings. The maximum absolute atomic E-state index is 12.6. The summed E-state index contributed by atoms with van der Waals surface area (Å²) < 4.78 is 5.10. The summed E-state index contributed by atoms with van der Waals surface area (Å²) in [6, 6.07) is 11.9. The van der Waals surface area contributed by atoms with E-state index in [9.17, 15) is 9.59 Å². The third-order valence-electron chi connectivity index (χ3n) is 4.63. The molecular weight excluding hydrogens is 387 g/mol. The summed E-state index contributed by atoms with van der Waals surface area (Å²) in [5.74, 6) is 0.471. The smallest absolute Gasteiger partial charge is 0.255 e. The molecule has 7 heteroatoms. The largest absolute Gasteiger partial charge is 0.497 e. The van der Waals surface area contributed by atoms with Gasteiger partial charge in [-0.3, -0.25) is 9.59 Å². The van der Waals surface area contributed by atoms with Gasteiger partial charge in [-0.05, 0) is 55.3 Å². The van der Waals surface area contributed by atoms with Crippen molar-refractivity contribution in [3.05, 3.63) is 63.6 Å². The predicted octanol–water partition coefficient (Wildman–Crippen LogP) is 4.04. The monoisotopic (exact) mass is 406 g/mol. The van der Waals surface area contributed by atoms with Crippen LogP contribution in [0.4, 0.5) is 0 Å². The average molecular weight is 407 g/mol. The number of piperidine rings is 1. The topological polar surface area (TPSA) is 58.6 Å². The van der Waals surface area contributed by atoms with Crippen molar-refractivity contribution >= 4 is 35.0 Å². The highest BCUT2D eigenvalue weighted by Crippen LogP contribution is 2.24. The Labute approximate surface area is 168 Å². The summed E-state index contributed by atoms with van der Waals surface area (Å²) in [7, 11) is 1.58. The molecule has 0 bridgehead atoms. The molecule has 5 nitrogen and oxygen atoms in total. The van der Waals surface area contributed by atoms with Gasteiger partial charge in [-0.1, -0.05) is 23.2 Å². The fourth-order valence-electron chi connectivity index (χ4n) is 3.07. The van der Waals surface area contributed by atoms with E-state index in [0.29, 0.717) is 52.9 Å². The number of methoxy groups -OCH3 is 1. The maximum atomic E-state index is 12.6. The summed E-state index contributed by atoms with van der Waals surface area (Å²) >= 11 is 12.0. The summed E-state index contributed by atoms with van der Waals surface area (Å²) in [6.45, 7) is 1.12. The van der Waals surface area contributed by atoms with Crippen LogP contribution in [0.25, 0.3) is 0 Å². The van der Waals surface area contributed by atoms with Crippen LogP contribution in [0.3, 0.4) is 0 Å². The van der Waals surface area contributed by atoms with Gasteiger partial charge in [0.2, 0.25) is 0 Å². The molecule has 0 aliphatic carbocycles. The molecule has 0 aromatic heterocycles. The number of ether oxygens (including phenoxy) is 1. The highest BCUT2D eigenvalue weighted by atomic mass is 35.5. The summed E-state index contributed by atoms with van der Waals surface area (Å²) in [5.41, 5.74) is 1.03. The summed E-state index contributed by atoms with van der Waals surface area (Å²) in [5, 5.41) is 3.88. The Morgan fingerprint density at radius 1 is 1.07 bits per heavy atom. The van der Waals surface area contributed by atoms with E-state index in [0.717, 1.165) is 0 Å². The van der Waals surface area contributed by atoms with E-state index >= 15 is 0 Å². The van der Waals surface area contributed by atoms with E-state index in [4.69, 9.17) is 27.9 Å². The van der Waals surface area contributed by atoms with E-state index < -0.39 is 0 Å². The molecule has 2 aromatic carbocycles. The summed E-state index contributed by atoms with van der Waals surface area (Å²) in [4.78, 5) is 26.8. The number of benzene rings is 2. The zero-order valence-electron chi connectivity index (χ0n) is 14.9. The van der Waals surface area contributed by atoms with Crippen molar-refractivity contribution in [2.24, 2.45) is 0 Å². The van der Waals surface area contributed by atoms with Crippen LogP contribution in [0.5, 0.6) is 5.75 Å². The van der Waals surface area contributed by atoms with E-state index in [1.807, 2.05) is 0 Å². The van der Waals surface area contributed by atoms with Crippen molar-refractivity contribution in [1.82, 2.24) is 10.2 Å². The number of rotatable bonds is 4. The number of carbonyl (C=O) groups excluding carboxylic acids is 2. The molecule has 1 heterocycles. The lowest BCUT2D eigenvalue weighted by Gasteiger charge is -2.32. The number of carbonyl (C=O) groups is 2. The maximum Gasteiger partial charge on any atom is 0.255 e. The van der Waals surface area contributed by atoms with Gasteiger partial charge in [0.25, 0.3) is 11.8 Å². The molecule has 0 atom stereocenters. The van der Waals surface area contributed by atoms with Gasteiger partial charge in [0.1, 0.15) is 5.75 Å². The molecule has 1 N–H and O–H groups in total. The molecule has 142 valence electrons. The van der Waals surface area contributed by atoms with Gasteiger partial charge < -0.3 is 15.0 Å². The van der Waals surface area contributed by atoms with Crippen molar-refractivity contribution in [3.8, 4) is 5.75 Å². The van der Waals surface area contributed by atoms with Crippen LogP contribution in [-0.2, 0) is 0 Å². The minimum atomic E-state index is -0.122. The minimum absolute atomic E-state index is 0.0318. The summed E-state index contributed by atoms with van der Waals surface area (Å²) in [6.07, 6.45) is 1.39. The molecule has 3 rings (SSSR count). The Kier molecular flexibility index (Phi) is 6.24. The number of halogens is 2. The predicted molar refractivity (Wildman–Crippen MR) is 106 cm³/mol. The molecule has 0 saturated carbocycles. The third kappa shape index (κ3) is 4.73. The highest BCUT2D eigenvalue weighted by Gasteiger charge is 2.26. The van der Waals surface area contributed by atoms with Crippen LogP contribution in [0, 0.1) is 0 Å². The minimum Gasteiger partial charge on any atom is -0.497 e. The first-order valence-corrected chi connectivity index (χ1v) is 9.43. The average Bonchev–Trinajstić information content (AvgIpc) is 2.68. The van der Waals surface area contributed by atoms with Crippen molar-refractivity contribution in [2.45, 2.75) is 18.9 Å². The van der Waals surface area contributed by atoms with Gasteiger partial charge in [-0.15, -0.1) is 0 Å². The number of nitrogens with one attached hydrogen (secondary N) is 1. The molecule has 1 saturated heterocycles. The van der Waals surface area contributed by atoms with Gasteiger partial charge in [0, 0.05) is 29.7 Å². The van der Waals surface area contributed by atoms with Gasteiger partial charge in [0.15, 0.2) is 0 Å². The molecule has 0 radical (unpaired) electrons. The Morgan fingerprint density at radius 2 is 1.74 bits per heavy atom. The first-order chi connectivity index (χ1) is 13.0. The first kappa shape index (κ1) is 19.5. The van der Waals surface area contributed by atoms with Gasteiger partial charge in [-0.2, -0.15) is 0 Å². The van der Waals surface area contributed by atoms with Crippen molar-refractivity contribution in [3.63, 3.8) is 0 Å². The Hall–Kier alpha value is -2.24. The van der Waals surface area contributed by atoms with Crippen LogP contribution in [0.1, 0.15) is 33.6 Å². The lowest BCUT2D eigenvalue weighted by Crippen LogP contribution is -2.46. The van der Waals surface area contributed by atoms with E-state index in [-0.39, 0.29) is 17.9 Å². The second-order valence-corrected chi connectivity index (χ2v) is 7.24. The Bertz CT molecular complexity index is 832. The number of nitrogens with zero attached hydrogens (tertiary/aromatic N) is 1. The second-order valence-electron chi connectivity index (χ2n) is 6.39. The lowest BCUT2D eigenvalue weighted by molar-refractivity contribution is 0.0698. The van der Waals surface area contributed by atoms with E-state index in [1.54, 1.807) is 54.5 Å². The van der Waals surface area contributed by atoms with Crippen LogP contribution < -0.4 is 10.1 Å². The quantitative estimate of drug-likeness (QED) is 0.833. The molecule has 1 aliphatic rings. The van der Waals surface area contributed by atoms with Gasteiger partial charge in [-0.25, -0.2) is 0 Å². The van der Waals surface area contributed by atoms with Crippen LogP contribution >= 0.6 is 23.2 Å². The lowest BCUT2D eigenvalue weighted by atomic mass is 10.0. The van der Waals surface area contributed by atoms with Crippen molar-refractivity contribution in [2.75, 3.05) is 20.2 Å². The fourth-order valence-corrected chi connectivity index (χ4v) is 3.56. The zero-order chi connectivity index (χ0) is 19.4. The second kappa shape index (κ2) is 8.63. The van der Waals surface area contributed by atoms with Crippen LogP contribution in [-0.4, -0.2) is 43.0 Å². The van der Waals surface area contributed by atoms with Gasteiger partial charge >= 0.3 is 0 Å². The van der Waals surface area contributed by atoms with Crippen molar-refractivity contribution in [1.29, 1.82) is 0 Å². The molecule has 27 heavy (non-hydrogen) atoms. The fraction of sp³-hybridized carbons (Fsp3) is 0.300. The van der Waals surface area contributed by atoms with Crippen LogP contribution in [0.15, 0.2) is 42.5 Å². The van der Waals surface area contributed by atoms with Crippen LogP contribution in [0.2, 0.25) is 10.0 Å². The third-order valence-corrected chi connectivity index (χ3v) is 5.18. The standard InChI is InChI=1S/C20H20Cl2N2O3/c1-27-16-5-2-13(3-6-16)19(25)23-15-8-10-24(11-9-15)20(26)17-7-4-14(21)12-18(17)22/h2-7,12,15H,8-11H2,1H3,(H,23,25). The molecule has 1 aliphatic heterocycles. The molecule has 2 amide bonds. The van der Waals surface area contributed by atoms with Gasteiger partial charge in [0.05, 0.1) is 17.7 Å². The molecule has 0 spiro atoms. The van der Waals surface area contributed by atoms with E-state index in [1.165, 1.54) is 0 Å².